The summed E-state index contributed by atoms with van der Waals surface area (Å²) < 4.78 is 53.6. The molecule has 0 spiro atoms. The topological polar surface area (TPSA) is 107 Å². The molecule has 1 fully saturated rings. The number of ether oxygens (including phenoxy) is 1. The van der Waals surface area contributed by atoms with Crippen LogP contribution in [0.2, 0.25) is 0 Å². The van der Waals surface area contributed by atoms with Crippen molar-refractivity contribution in [1.82, 2.24) is 0 Å². The van der Waals surface area contributed by atoms with Crippen LogP contribution in [0.4, 0.5) is 5.69 Å². The van der Waals surface area contributed by atoms with Crippen LogP contribution in [-0.4, -0.2) is 48.0 Å². The van der Waals surface area contributed by atoms with E-state index in [2.05, 4.69) is 5.32 Å². The maximum absolute atomic E-state index is 13.1. The smallest absolute Gasteiger partial charge is 0.234 e. The fourth-order valence-electron chi connectivity index (χ4n) is 4.13. The minimum atomic E-state index is -3.33. The summed E-state index contributed by atoms with van der Waals surface area (Å²) in [6.07, 6.45) is 2.60. The zero-order valence-electron chi connectivity index (χ0n) is 20.4. The lowest BCUT2D eigenvalue weighted by Crippen LogP contribution is -2.24. The summed E-state index contributed by atoms with van der Waals surface area (Å²) in [5, 5.41) is 2.68. The number of hydrogen-bond acceptors (Lipinski definition) is 6. The number of amides is 1. The molecule has 4 rings (SSSR count). The van der Waals surface area contributed by atoms with Crippen molar-refractivity contribution >= 4 is 31.3 Å². The first-order chi connectivity index (χ1) is 17.0. The summed E-state index contributed by atoms with van der Waals surface area (Å²) in [5.41, 5.74) is 4.02. The predicted molar refractivity (Wildman–Crippen MR) is 140 cm³/mol. The quantitative estimate of drug-likeness (QED) is 0.443. The van der Waals surface area contributed by atoms with E-state index in [-0.39, 0.29) is 22.7 Å². The molecule has 0 saturated heterocycles. The van der Waals surface area contributed by atoms with Crippen LogP contribution in [0, 0.1) is 6.92 Å². The molecule has 0 aliphatic heterocycles. The molecular weight excluding hydrogens is 498 g/mol. The van der Waals surface area contributed by atoms with E-state index in [4.69, 9.17) is 4.74 Å². The van der Waals surface area contributed by atoms with E-state index in [9.17, 15) is 21.6 Å². The number of methoxy groups -OCH3 is 1. The lowest BCUT2D eigenvalue weighted by molar-refractivity contribution is -0.118. The van der Waals surface area contributed by atoms with Crippen LogP contribution in [0.3, 0.4) is 0 Å². The monoisotopic (exact) mass is 527 g/mol. The zero-order valence-corrected chi connectivity index (χ0v) is 22.0. The molecule has 0 unspecified atom stereocenters. The van der Waals surface area contributed by atoms with Gasteiger partial charge in [-0.3, -0.25) is 4.79 Å². The van der Waals surface area contributed by atoms with Crippen molar-refractivity contribution in [1.29, 1.82) is 0 Å². The van der Waals surface area contributed by atoms with Gasteiger partial charge in [-0.25, -0.2) is 16.8 Å². The molecule has 7 nitrogen and oxygen atoms in total. The van der Waals surface area contributed by atoms with E-state index >= 15 is 0 Å². The number of carbonyl (C=O) groups is 1. The second kappa shape index (κ2) is 10.2. The Labute approximate surface area is 212 Å². The Kier molecular flexibility index (Phi) is 7.36. The van der Waals surface area contributed by atoms with Crippen molar-refractivity contribution in [2.45, 2.75) is 40.7 Å². The molecule has 1 atom stereocenters. The Morgan fingerprint density at radius 1 is 0.944 bits per heavy atom. The summed E-state index contributed by atoms with van der Waals surface area (Å²) >= 11 is 0. The van der Waals surface area contributed by atoms with Gasteiger partial charge in [0.25, 0.3) is 0 Å². The molecule has 3 aromatic carbocycles. The Morgan fingerprint density at radius 2 is 1.56 bits per heavy atom. The minimum Gasteiger partial charge on any atom is -0.384 e. The Hall–Kier alpha value is -3.01. The van der Waals surface area contributed by atoms with Gasteiger partial charge in [-0.15, -0.1) is 0 Å². The van der Waals surface area contributed by atoms with Crippen LogP contribution in [0.25, 0.3) is 11.1 Å². The third kappa shape index (κ3) is 5.69. The van der Waals surface area contributed by atoms with Crippen LogP contribution >= 0.6 is 0 Å². The fourth-order valence-corrected chi connectivity index (χ4v) is 6.41. The number of rotatable bonds is 9. The zero-order chi connectivity index (χ0) is 26.1. The van der Waals surface area contributed by atoms with Crippen LogP contribution in [0.5, 0.6) is 0 Å². The van der Waals surface area contributed by atoms with Gasteiger partial charge in [0.2, 0.25) is 5.91 Å². The van der Waals surface area contributed by atoms with Gasteiger partial charge in [0.15, 0.2) is 19.7 Å². The number of sulfone groups is 2. The molecule has 1 saturated carbocycles. The number of anilines is 1. The van der Waals surface area contributed by atoms with Gasteiger partial charge in [-0.2, -0.15) is 0 Å². The molecule has 1 amide bonds. The molecule has 1 aliphatic carbocycles. The molecule has 3 aromatic rings. The van der Waals surface area contributed by atoms with Gasteiger partial charge >= 0.3 is 0 Å². The number of benzene rings is 3. The molecule has 0 heterocycles. The van der Waals surface area contributed by atoms with E-state index < -0.39 is 25.6 Å². The summed E-state index contributed by atoms with van der Waals surface area (Å²) in [6, 6.07) is 18.7. The van der Waals surface area contributed by atoms with E-state index in [0.717, 1.165) is 35.8 Å². The van der Waals surface area contributed by atoms with Gasteiger partial charge in [-0.1, -0.05) is 30.3 Å². The van der Waals surface area contributed by atoms with Crippen molar-refractivity contribution in [3.8, 4) is 11.1 Å². The van der Waals surface area contributed by atoms with E-state index in [0.29, 0.717) is 16.1 Å². The fraction of sp³-hybridized carbons (Fsp3) is 0.296. The average Bonchev–Trinajstić information content (AvgIpc) is 3.69. The maximum Gasteiger partial charge on any atom is 0.234 e. The molecule has 0 bridgehead atoms. The molecule has 190 valence electrons. The molecule has 9 heteroatoms. The predicted octanol–water partition coefficient (Wildman–Crippen LogP) is 4.37. The maximum atomic E-state index is 13.1. The molecular formula is C27H29NO6S2. The van der Waals surface area contributed by atoms with Crippen molar-refractivity contribution < 1.29 is 26.4 Å². The van der Waals surface area contributed by atoms with Crippen molar-refractivity contribution in [2.75, 3.05) is 25.3 Å². The second-order valence-corrected chi connectivity index (χ2v) is 13.4. The third-order valence-electron chi connectivity index (χ3n) is 6.31. The lowest BCUT2D eigenvalue weighted by atomic mass is 9.98. The van der Waals surface area contributed by atoms with E-state index in [1.807, 2.05) is 31.2 Å². The minimum absolute atomic E-state index is 0.136. The molecule has 0 radical (unpaired) electrons. The molecule has 1 aliphatic rings. The summed E-state index contributed by atoms with van der Waals surface area (Å²) in [6.45, 7) is 2.06. The van der Waals surface area contributed by atoms with Crippen molar-refractivity contribution in [2.24, 2.45) is 0 Å². The largest absolute Gasteiger partial charge is 0.384 e. The lowest BCUT2D eigenvalue weighted by Gasteiger charge is -2.18. The highest BCUT2D eigenvalue weighted by atomic mass is 32.2. The van der Waals surface area contributed by atoms with E-state index in [1.54, 1.807) is 30.3 Å². The van der Waals surface area contributed by atoms with Gasteiger partial charge in [0.05, 0.1) is 27.6 Å². The van der Waals surface area contributed by atoms with Crippen LogP contribution in [0.15, 0.2) is 76.5 Å². The second-order valence-electron chi connectivity index (χ2n) is 9.14. The van der Waals surface area contributed by atoms with Gasteiger partial charge in [0, 0.05) is 19.1 Å². The first kappa shape index (κ1) is 26.1. The highest BCUT2D eigenvalue weighted by molar-refractivity contribution is 7.92. The first-order valence-corrected chi connectivity index (χ1v) is 15.0. The molecule has 36 heavy (non-hydrogen) atoms. The standard InChI is InChI=1S/C27H29NO6S2/c1-18-16-21(8-15-25(18)19-6-11-23(12-7-19)36(32,33)24-13-14-24)28-27(29)26(17-34-2)20-4-9-22(10-5-20)35(3,30)31/h4-12,15-16,24,26H,13-14,17H2,1-3H3,(H,28,29)/t26-/m1/s1. The van der Waals surface area contributed by atoms with Crippen molar-refractivity contribution in [3.63, 3.8) is 0 Å². The number of hydrogen-bond donors (Lipinski definition) is 1. The third-order valence-corrected chi connectivity index (χ3v) is 9.72. The Balaban J connectivity index is 1.51. The number of nitrogens with one attached hydrogen (secondary N) is 1. The van der Waals surface area contributed by atoms with Gasteiger partial charge in [0.1, 0.15) is 0 Å². The van der Waals surface area contributed by atoms with Crippen LogP contribution in [0.1, 0.15) is 29.9 Å². The number of carbonyl (C=O) groups excluding carboxylic acids is 1. The molecule has 0 aromatic heterocycles. The average molecular weight is 528 g/mol. The van der Waals surface area contributed by atoms with Crippen LogP contribution in [-0.2, 0) is 29.2 Å². The van der Waals surface area contributed by atoms with Crippen LogP contribution < -0.4 is 5.32 Å². The Bertz CT molecular complexity index is 1470. The highest BCUT2D eigenvalue weighted by Crippen LogP contribution is 2.35. The molecule has 1 N–H and O–H groups in total. The SMILES string of the molecule is COC[C@@H](C(=O)Nc1ccc(-c2ccc(S(=O)(=O)C3CC3)cc2)c(C)c1)c1ccc(S(C)(=O)=O)cc1. The Morgan fingerprint density at radius 3 is 2.08 bits per heavy atom. The van der Waals surface area contributed by atoms with Crippen molar-refractivity contribution in [3.05, 3.63) is 77.9 Å². The highest BCUT2D eigenvalue weighted by Gasteiger charge is 2.36. The summed E-state index contributed by atoms with van der Waals surface area (Å²) in [7, 11) is -5.05. The number of aryl methyl sites for hydroxylation is 1. The first-order valence-electron chi connectivity index (χ1n) is 11.6. The summed E-state index contributed by atoms with van der Waals surface area (Å²) in [4.78, 5) is 13.6. The summed E-state index contributed by atoms with van der Waals surface area (Å²) in [5.74, 6) is -0.893. The van der Waals surface area contributed by atoms with Gasteiger partial charge < -0.3 is 10.1 Å². The van der Waals surface area contributed by atoms with E-state index in [1.165, 1.54) is 19.2 Å². The normalized spacial score (nSPS) is 14.9. The van der Waals surface area contributed by atoms with Gasteiger partial charge in [-0.05, 0) is 78.4 Å².